The molecule has 1 saturated carbocycles. The Morgan fingerprint density at radius 3 is 2.84 bits per heavy atom. The van der Waals surface area contributed by atoms with E-state index in [1.807, 2.05) is 13.8 Å². The molecule has 7 nitrogen and oxygen atoms in total. The third-order valence-electron chi connectivity index (χ3n) is 3.90. The van der Waals surface area contributed by atoms with Crippen LogP contribution in [0.1, 0.15) is 37.4 Å². The molecule has 0 bridgehead atoms. The van der Waals surface area contributed by atoms with Gasteiger partial charge >= 0.3 is 6.09 Å². The summed E-state index contributed by atoms with van der Waals surface area (Å²) in [6.45, 7) is 8.36. The van der Waals surface area contributed by atoms with Gasteiger partial charge in [0.2, 0.25) is 0 Å². The molecule has 1 aromatic heterocycles. The van der Waals surface area contributed by atoms with Crippen molar-refractivity contribution in [3.05, 3.63) is 16.1 Å². The third-order valence-corrected chi connectivity index (χ3v) is 4.72. The fourth-order valence-corrected chi connectivity index (χ4v) is 3.15. The summed E-state index contributed by atoms with van der Waals surface area (Å²) in [4.78, 5) is 20.8. The number of aliphatic imine (C=N–C) groups is 1. The van der Waals surface area contributed by atoms with Gasteiger partial charge in [-0.1, -0.05) is 0 Å². The minimum Gasteiger partial charge on any atom is -0.450 e. The van der Waals surface area contributed by atoms with Gasteiger partial charge in [-0.2, -0.15) is 0 Å². The Hall–Kier alpha value is -1.83. The number of ether oxygens (including phenoxy) is 1. The van der Waals surface area contributed by atoms with Gasteiger partial charge < -0.3 is 20.7 Å². The molecule has 3 N–H and O–H groups in total. The highest BCUT2D eigenvalue weighted by Gasteiger charge is 2.32. The van der Waals surface area contributed by atoms with Crippen molar-refractivity contribution in [2.75, 3.05) is 26.2 Å². The first-order valence-electron chi connectivity index (χ1n) is 8.98. The lowest BCUT2D eigenvalue weighted by Gasteiger charge is -2.17. The first kappa shape index (κ1) is 19.5. The summed E-state index contributed by atoms with van der Waals surface area (Å²) in [5, 5.41) is 12.7. The summed E-state index contributed by atoms with van der Waals surface area (Å²) in [6, 6.07) is 0.0377. The number of carbonyl (C=O) groups is 1. The Morgan fingerprint density at radius 2 is 2.24 bits per heavy atom. The van der Waals surface area contributed by atoms with Gasteiger partial charge in [0.25, 0.3) is 0 Å². The number of amides is 1. The van der Waals surface area contributed by atoms with Gasteiger partial charge in [-0.3, -0.25) is 4.99 Å². The maximum Gasteiger partial charge on any atom is 0.407 e. The normalized spacial score (nSPS) is 15.6. The second-order valence-electron chi connectivity index (χ2n) is 6.06. The largest absolute Gasteiger partial charge is 0.450 e. The summed E-state index contributed by atoms with van der Waals surface area (Å²) in [5.74, 6) is 1.28. The Kier molecular flexibility index (Phi) is 7.97. The summed E-state index contributed by atoms with van der Waals surface area (Å²) < 4.78 is 4.98. The molecular formula is C17H29N5O2S. The number of thiazole rings is 1. The van der Waals surface area contributed by atoms with Crippen molar-refractivity contribution in [1.82, 2.24) is 20.9 Å². The number of hydrogen-bond donors (Lipinski definition) is 3. The minimum absolute atomic E-state index is 0.0377. The van der Waals surface area contributed by atoms with Crippen molar-refractivity contribution in [3.63, 3.8) is 0 Å². The maximum absolute atomic E-state index is 11.7. The molecule has 140 valence electrons. The molecule has 0 radical (unpaired) electrons. The number of nitrogens with one attached hydrogen (secondary N) is 3. The van der Waals surface area contributed by atoms with Crippen LogP contribution in [0.25, 0.3) is 0 Å². The van der Waals surface area contributed by atoms with Gasteiger partial charge in [0.15, 0.2) is 5.96 Å². The lowest BCUT2D eigenvalue weighted by atomic mass is 10.2. The summed E-state index contributed by atoms with van der Waals surface area (Å²) in [6.07, 6.45) is 2.79. The van der Waals surface area contributed by atoms with Crippen LogP contribution in [0, 0.1) is 12.8 Å². The van der Waals surface area contributed by atoms with Crippen LogP contribution in [-0.2, 0) is 11.2 Å². The molecule has 2 rings (SSSR count). The zero-order valence-electron chi connectivity index (χ0n) is 15.3. The topological polar surface area (TPSA) is 87.6 Å². The number of aromatic nitrogens is 1. The Labute approximate surface area is 153 Å². The standard InChI is InChI=1S/C17H29N5O2S/c1-4-18-16(19-9-8-14-11-25-12(3)21-14)20-10-15(13-6-7-13)22-17(23)24-5-2/h11,13,15H,4-10H2,1-3H3,(H,22,23)(H2,18,19,20). The molecule has 1 atom stereocenters. The first-order valence-corrected chi connectivity index (χ1v) is 9.86. The van der Waals surface area contributed by atoms with E-state index in [0.717, 1.165) is 49.0 Å². The van der Waals surface area contributed by atoms with E-state index < -0.39 is 0 Å². The van der Waals surface area contributed by atoms with E-state index in [1.54, 1.807) is 18.3 Å². The summed E-state index contributed by atoms with van der Waals surface area (Å²) in [5.41, 5.74) is 1.10. The fraction of sp³-hybridized carbons (Fsp3) is 0.706. The summed E-state index contributed by atoms with van der Waals surface area (Å²) in [7, 11) is 0. The number of carbonyl (C=O) groups excluding carboxylic acids is 1. The van der Waals surface area contributed by atoms with Crippen LogP contribution in [-0.4, -0.2) is 49.3 Å². The van der Waals surface area contributed by atoms with Crippen molar-refractivity contribution in [2.45, 2.75) is 46.1 Å². The second kappa shape index (κ2) is 10.2. The van der Waals surface area contributed by atoms with Gasteiger partial charge in [-0.15, -0.1) is 11.3 Å². The highest BCUT2D eigenvalue weighted by atomic mass is 32.1. The number of alkyl carbamates (subject to hydrolysis) is 1. The van der Waals surface area contributed by atoms with Crippen molar-refractivity contribution in [2.24, 2.45) is 10.9 Å². The molecule has 1 unspecified atom stereocenters. The van der Waals surface area contributed by atoms with Crippen molar-refractivity contribution < 1.29 is 9.53 Å². The van der Waals surface area contributed by atoms with E-state index in [9.17, 15) is 4.79 Å². The molecule has 0 aliphatic heterocycles. The van der Waals surface area contributed by atoms with E-state index >= 15 is 0 Å². The smallest absolute Gasteiger partial charge is 0.407 e. The molecular weight excluding hydrogens is 338 g/mol. The van der Waals surface area contributed by atoms with E-state index in [4.69, 9.17) is 4.74 Å². The molecule has 0 spiro atoms. The zero-order valence-corrected chi connectivity index (χ0v) is 16.1. The number of rotatable bonds is 9. The van der Waals surface area contributed by atoms with Gasteiger partial charge in [0, 0.05) is 24.9 Å². The molecule has 0 aromatic carbocycles. The van der Waals surface area contributed by atoms with Crippen LogP contribution in [0.4, 0.5) is 4.79 Å². The Balaban J connectivity index is 1.82. The van der Waals surface area contributed by atoms with E-state index in [0.29, 0.717) is 19.1 Å². The van der Waals surface area contributed by atoms with E-state index in [2.05, 4.69) is 31.3 Å². The minimum atomic E-state index is -0.355. The first-order chi connectivity index (χ1) is 12.1. The number of guanidine groups is 1. The van der Waals surface area contributed by atoms with E-state index in [1.165, 1.54) is 0 Å². The quantitative estimate of drug-likeness (QED) is 0.459. The van der Waals surface area contributed by atoms with E-state index in [-0.39, 0.29) is 12.1 Å². The molecule has 1 heterocycles. The highest BCUT2D eigenvalue weighted by Crippen LogP contribution is 2.32. The molecule has 1 aliphatic rings. The predicted molar refractivity (Wildman–Crippen MR) is 101 cm³/mol. The number of nitrogens with zero attached hydrogens (tertiary/aromatic N) is 2. The van der Waals surface area contributed by atoms with Crippen LogP contribution in [0.2, 0.25) is 0 Å². The maximum atomic E-state index is 11.7. The molecule has 0 saturated heterocycles. The van der Waals surface area contributed by atoms with Crippen LogP contribution in [0.5, 0.6) is 0 Å². The Bertz CT molecular complexity index is 571. The van der Waals surface area contributed by atoms with Gasteiger partial charge in [-0.25, -0.2) is 9.78 Å². The zero-order chi connectivity index (χ0) is 18.1. The molecule has 1 aliphatic carbocycles. The van der Waals surface area contributed by atoms with Gasteiger partial charge in [-0.05, 0) is 39.5 Å². The van der Waals surface area contributed by atoms with Crippen molar-refractivity contribution >= 4 is 23.4 Å². The SMILES string of the molecule is CCNC(=NCC(NC(=O)OCC)C1CC1)NCCc1csc(C)n1. The lowest BCUT2D eigenvalue weighted by Crippen LogP contribution is -2.42. The molecule has 1 aromatic rings. The molecule has 1 fully saturated rings. The van der Waals surface area contributed by atoms with Gasteiger partial charge in [0.05, 0.1) is 29.9 Å². The molecule has 25 heavy (non-hydrogen) atoms. The monoisotopic (exact) mass is 367 g/mol. The average molecular weight is 368 g/mol. The van der Waals surface area contributed by atoms with Crippen molar-refractivity contribution in [1.29, 1.82) is 0 Å². The van der Waals surface area contributed by atoms with Crippen LogP contribution in [0.3, 0.4) is 0 Å². The van der Waals surface area contributed by atoms with Crippen LogP contribution in [0.15, 0.2) is 10.4 Å². The second-order valence-corrected chi connectivity index (χ2v) is 7.13. The van der Waals surface area contributed by atoms with Crippen LogP contribution < -0.4 is 16.0 Å². The Morgan fingerprint density at radius 1 is 1.44 bits per heavy atom. The van der Waals surface area contributed by atoms with Crippen molar-refractivity contribution in [3.8, 4) is 0 Å². The molecule has 8 heteroatoms. The fourth-order valence-electron chi connectivity index (χ4n) is 2.50. The predicted octanol–water partition coefficient (Wildman–Crippen LogP) is 2.07. The molecule has 1 amide bonds. The average Bonchev–Trinajstić information content (AvgIpc) is 3.34. The van der Waals surface area contributed by atoms with Crippen LogP contribution >= 0.6 is 11.3 Å². The summed E-state index contributed by atoms with van der Waals surface area (Å²) >= 11 is 1.67. The van der Waals surface area contributed by atoms with Gasteiger partial charge in [0.1, 0.15) is 0 Å². The number of hydrogen-bond acceptors (Lipinski definition) is 5. The third kappa shape index (κ3) is 7.29. The lowest BCUT2D eigenvalue weighted by molar-refractivity contribution is 0.147. The number of aryl methyl sites for hydroxylation is 1. The highest BCUT2D eigenvalue weighted by molar-refractivity contribution is 7.09.